The molecule has 0 N–H and O–H groups in total. The Labute approximate surface area is 149 Å². The zero-order valence-electron chi connectivity index (χ0n) is 13.6. The number of ether oxygens (including phenoxy) is 1. The molecule has 1 aromatic heterocycles. The molecule has 0 fully saturated rings. The van der Waals surface area contributed by atoms with Crippen molar-refractivity contribution >= 4 is 34.4 Å². The monoisotopic (exact) mass is 357 g/mol. The van der Waals surface area contributed by atoms with Crippen LogP contribution in [0.1, 0.15) is 16.1 Å². The van der Waals surface area contributed by atoms with Gasteiger partial charge in [0.15, 0.2) is 6.61 Å². The Morgan fingerprint density at radius 2 is 1.84 bits per heavy atom. The molecular formula is C19H16ClNO4. The van der Waals surface area contributed by atoms with Crippen molar-refractivity contribution in [2.75, 3.05) is 13.7 Å². The van der Waals surface area contributed by atoms with Crippen LogP contribution < -0.4 is 0 Å². The lowest BCUT2D eigenvalue weighted by Crippen LogP contribution is -2.30. The summed E-state index contributed by atoms with van der Waals surface area (Å²) in [5.41, 5.74) is 1.53. The summed E-state index contributed by atoms with van der Waals surface area (Å²) in [6.45, 7) is 0.0537. The van der Waals surface area contributed by atoms with Crippen molar-refractivity contribution in [2.45, 2.75) is 6.54 Å². The average Bonchev–Trinajstić information content (AvgIpc) is 3.05. The number of furan rings is 1. The maximum absolute atomic E-state index is 12.1. The van der Waals surface area contributed by atoms with Gasteiger partial charge in [-0.3, -0.25) is 4.79 Å². The number of nitrogens with zero attached hydrogens (tertiary/aromatic N) is 1. The van der Waals surface area contributed by atoms with Crippen LogP contribution >= 0.6 is 11.6 Å². The van der Waals surface area contributed by atoms with Gasteiger partial charge < -0.3 is 14.1 Å². The number of likely N-dealkylation sites (N-methyl/N-ethyl adjacent to an activating group) is 1. The third kappa shape index (κ3) is 4.19. The number of halogens is 1. The molecule has 6 heteroatoms. The summed E-state index contributed by atoms with van der Waals surface area (Å²) in [7, 11) is 1.64. The SMILES string of the molecule is CN(Cc1ccc(Cl)cc1)C(=O)COC(=O)c1cc2ccccc2o1. The molecule has 0 saturated carbocycles. The summed E-state index contributed by atoms with van der Waals surface area (Å²) in [5, 5.41) is 1.44. The Balaban J connectivity index is 1.55. The highest BCUT2D eigenvalue weighted by atomic mass is 35.5. The predicted octanol–water partition coefficient (Wildman–Crippen LogP) is 3.90. The number of hydrogen-bond donors (Lipinski definition) is 0. The van der Waals surface area contributed by atoms with Gasteiger partial charge in [0.1, 0.15) is 5.58 Å². The smallest absolute Gasteiger partial charge is 0.374 e. The Morgan fingerprint density at radius 1 is 1.12 bits per heavy atom. The summed E-state index contributed by atoms with van der Waals surface area (Å²) in [6, 6.07) is 16.1. The molecule has 0 aliphatic rings. The van der Waals surface area contributed by atoms with Crippen LogP contribution in [0, 0.1) is 0 Å². The number of esters is 1. The topological polar surface area (TPSA) is 59.8 Å². The number of carbonyl (C=O) groups excluding carboxylic acids is 2. The van der Waals surface area contributed by atoms with Crippen LogP contribution in [0.4, 0.5) is 0 Å². The minimum atomic E-state index is -0.663. The molecular weight excluding hydrogens is 342 g/mol. The van der Waals surface area contributed by atoms with Crippen molar-refractivity contribution in [2.24, 2.45) is 0 Å². The lowest BCUT2D eigenvalue weighted by atomic mass is 10.2. The van der Waals surface area contributed by atoms with E-state index in [0.29, 0.717) is 17.2 Å². The van der Waals surface area contributed by atoms with E-state index in [2.05, 4.69) is 0 Å². The summed E-state index contributed by atoms with van der Waals surface area (Å²) >= 11 is 5.84. The zero-order chi connectivity index (χ0) is 17.8. The van der Waals surface area contributed by atoms with Crippen LogP contribution in [0.2, 0.25) is 5.02 Å². The molecule has 2 aromatic carbocycles. The first-order chi connectivity index (χ1) is 12.0. The maximum atomic E-state index is 12.1. The molecule has 0 unspecified atom stereocenters. The standard InChI is InChI=1S/C19H16ClNO4/c1-21(11-13-6-8-15(20)9-7-13)18(22)12-24-19(23)17-10-14-4-2-3-5-16(14)25-17/h2-10H,11-12H2,1H3. The van der Waals surface area contributed by atoms with Gasteiger partial charge in [-0.2, -0.15) is 0 Å². The lowest BCUT2D eigenvalue weighted by molar-refractivity contribution is -0.133. The number of carbonyl (C=O) groups is 2. The quantitative estimate of drug-likeness (QED) is 0.650. The molecule has 1 amide bonds. The fourth-order valence-electron chi connectivity index (χ4n) is 2.34. The molecule has 0 aliphatic heterocycles. The molecule has 3 rings (SSSR count). The number of amides is 1. The van der Waals surface area contributed by atoms with E-state index in [1.165, 1.54) is 4.90 Å². The van der Waals surface area contributed by atoms with Gasteiger partial charge in [-0.25, -0.2) is 4.79 Å². The fraction of sp³-hybridized carbons (Fsp3) is 0.158. The molecule has 0 spiro atoms. The van der Waals surface area contributed by atoms with Crippen molar-refractivity contribution in [1.29, 1.82) is 0 Å². The predicted molar refractivity (Wildman–Crippen MR) is 94.4 cm³/mol. The summed E-state index contributed by atoms with van der Waals surface area (Å²) in [5.74, 6) is -0.891. The summed E-state index contributed by atoms with van der Waals surface area (Å²) in [6.07, 6.45) is 0. The zero-order valence-corrected chi connectivity index (χ0v) is 14.3. The molecule has 3 aromatic rings. The van der Waals surface area contributed by atoms with Crippen LogP contribution in [0.5, 0.6) is 0 Å². The van der Waals surface area contributed by atoms with E-state index < -0.39 is 5.97 Å². The van der Waals surface area contributed by atoms with E-state index in [-0.39, 0.29) is 18.3 Å². The number of benzene rings is 2. The van der Waals surface area contributed by atoms with Gasteiger partial charge in [0.2, 0.25) is 5.76 Å². The normalized spacial score (nSPS) is 10.6. The second-order valence-corrected chi connectivity index (χ2v) is 6.04. The number of para-hydroxylation sites is 1. The molecule has 0 bridgehead atoms. The van der Waals surface area contributed by atoms with Gasteiger partial charge in [0.25, 0.3) is 5.91 Å². The highest BCUT2D eigenvalue weighted by Crippen LogP contribution is 2.19. The van der Waals surface area contributed by atoms with Crippen molar-refractivity contribution in [3.05, 3.63) is 70.9 Å². The van der Waals surface area contributed by atoms with Crippen LogP contribution in [0.25, 0.3) is 11.0 Å². The van der Waals surface area contributed by atoms with E-state index in [1.807, 2.05) is 30.3 Å². The van der Waals surface area contributed by atoms with Crippen molar-refractivity contribution in [3.63, 3.8) is 0 Å². The van der Waals surface area contributed by atoms with E-state index in [9.17, 15) is 9.59 Å². The first-order valence-electron chi connectivity index (χ1n) is 7.67. The largest absolute Gasteiger partial charge is 0.450 e. The molecule has 1 heterocycles. The molecule has 0 aliphatic carbocycles. The van der Waals surface area contributed by atoms with Crippen LogP contribution in [-0.2, 0) is 16.1 Å². The van der Waals surface area contributed by atoms with E-state index in [0.717, 1.165) is 10.9 Å². The first-order valence-corrected chi connectivity index (χ1v) is 8.05. The van der Waals surface area contributed by atoms with E-state index in [4.69, 9.17) is 20.8 Å². The Morgan fingerprint density at radius 3 is 2.56 bits per heavy atom. The second kappa shape index (κ2) is 7.40. The lowest BCUT2D eigenvalue weighted by Gasteiger charge is -2.17. The van der Waals surface area contributed by atoms with Crippen molar-refractivity contribution in [3.8, 4) is 0 Å². The number of hydrogen-bond acceptors (Lipinski definition) is 4. The Bertz CT molecular complexity index is 868. The highest BCUT2D eigenvalue weighted by Gasteiger charge is 2.17. The van der Waals surface area contributed by atoms with Gasteiger partial charge in [-0.15, -0.1) is 0 Å². The maximum Gasteiger partial charge on any atom is 0.374 e. The fourth-order valence-corrected chi connectivity index (χ4v) is 2.47. The molecule has 0 saturated heterocycles. The minimum absolute atomic E-state index is 0.0781. The van der Waals surface area contributed by atoms with Gasteiger partial charge in [-0.1, -0.05) is 41.9 Å². The summed E-state index contributed by atoms with van der Waals surface area (Å²) in [4.78, 5) is 25.6. The van der Waals surface area contributed by atoms with Gasteiger partial charge in [0, 0.05) is 24.0 Å². The van der Waals surface area contributed by atoms with Crippen molar-refractivity contribution in [1.82, 2.24) is 4.90 Å². The third-order valence-corrected chi connectivity index (χ3v) is 3.96. The number of rotatable bonds is 5. The Hall–Kier alpha value is -2.79. The van der Waals surface area contributed by atoms with Crippen LogP contribution in [0.3, 0.4) is 0 Å². The van der Waals surface area contributed by atoms with Crippen LogP contribution in [-0.4, -0.2) is 30.4 Å². The van der Waals surface area contributed by atoms with E-state index in [1.54, 1.807) is 31.3 Å². The molecule has 0 radical (unpaired) electrons. The van der Waals surface area contributed by atoms with Crippen LogP contribution in [0.15, 0.2) is 59.0 Å². The second-order valence-electron chi connectivity index (χ2n) is 5.60. The Kier molecular flexibility index (Phi) is 5.05. The first kappa shape index (κ1) is 17.0. The minimum Gasteiger partial charge on any atom is -0.450 e. The van der Waals surface area contributed by atoms with Gasteiger partial charge in [0.05, 0.1) is 0 Å². The van der Waals surface area contributed by atoms with Gasteiger partial charge in [-0.05, 0) is 29.8 Å². The molecule has 0 atom stereocenters. The average molecular weight is 358 g/mol. The molecule has 25 heavy (non-hydrogen) atoms. The van der Waals surface area contributed by atoms with Crippen molar-refractivity contribution < 1.29 is 18.7 Å². The summed E-state index contributed by atoms with van der Waals surface area (Å²) < 4.78 is 10.5. The third-order valence-electron chi connectivity index (χ3n) is 3.71. The van der Waals surface area contributed by atoms with Gasteiger partial charge >= 0.3 is 5.97 Å². The molecule has 128 valence electrons. The van der Waals surface area contributed by atoms with E-state index >= 15 is 0 Å². The molecule has 5 nitrogen and oxygen atoms in total. The number of fused-ring (bicyclic) bond motifs is 1. The highest BCUT2D eigenvalue weighted by molar-refractivity contribution is 6.30.